The third-order valence-electron chi connectivity index (χ3n) is 6.87. The van der Waals surface area contributed by atoms with Gasteiger partial charge in [-0.1, -0.05) is 6.07 Å². The molecule has 0 aliphatic carbocycles. The van der Waals surface area contributed by atoms with E-state index in [2.05, 4.69) is 27.2 Å². The van der Waals surface area contributed by atoms with Crippen molar-refractivity contribution in [2.45, 2.75) is 44.2 Å². The molecule has 1 aromatic carbocycles. The predicted octanol–water partition coefficient (Wildman–Crippen LogP) is 2.19. The number of benzene rings is 1. The third-order valence-corrected chi connectivity index (χ3v) is 6.87. The van der Waals surface area contributed by atoms with Gasteiger partial charge in [0.15, 0.2) is 0 Å². The molecule has 3 fully saturated rings. The van der Waals surface area contributed by atoms with Gasteiger partial charge in [0, 0.05) is 43.5 Å². The summed E-state index contributed by atoms with van der Waals surface area (Å²) < 4.78 is 5.35. The Kier molecular flexibility index (Phi) is 5.28. The van der Waals surface area contributed by atoms with E-state index in [1.54, 1.807) is 7.11 Å². The molecular formula is C21H31N3O3. The molecule has 4 rings (SSSR count). The van der Waals surface area contributed by atoms with Crippen molar-refractivity contribution in [2.75, 3.05) is 44.7 Å². The van der Waals surface area contributed by atoms with E-state index in [4.69, 9.17) is 4.74 Å². The third kappa shape index (κ3) is 3.52. The number of carboxylic acid groups (broad SMARTS) is 1. The van der Waals surface area contributed by atoms with E-state index in [9.17, 15) is 9.90 Å². The van der Waals surface area contributed by atoms with Crippen molar-refractivity contribution in [1.82, 2.24) is 10.2 Å². The Morgan fingerprint density at radius 1 is 1.26 bits per heavy atom. The molecule has 0 unspecified atom stereocenters. The molecular weight excluding hydrogens is 342 g/mol. The van der Waals surface area contributed by atoms with Crippen LogP contribution in [-0.4, -0.2) is 67.9 Å². The number of anilines is 1. The summed E-state index contributed by atoms with van der Waals surface area (Å²) in [6.45, 7) is 4.69. The number of fused-ring (bicyclic) bond motifs is 1. The maximum atomic E-state index is 12.1. The monoisotopic (exact) mass is 373 g/mol. The number of nitrogens with zero attached hydrogens (tertiary/aromatic N) is 2. The minimum Gasteiger partial charge on any atom is -0.497 e. The molecule has 0 spiro atoms. The van der Waals surface area contributed by atoms with Gasteiger partial charge < -0.3 is 20.1 Å². The van der Waals surface area contributed by atoms with Gasteiger partial charge in [0.1, 0.15) is 5.75 Å². The number of rotatable bonds is 4. The van der Waals surface area contributed by atoms with E-state index in [-0.39, 0.29) is 6.04 Å². The smallest absolute Gasteiger partial charge is 0.312 e. The van der Waals surface area contributed by atoms with Crippen molar-refractivity contribution in [2.24, 2.45) is 5.41 Å². The molecule has 3 aliphatic rings. The number of ether oxygens (including phenoxy) is 1. The molecule has 2 atom stereocenters. The number of piperidine rings is 3. The number of methoxy groups -OCH3 is 1. The highest BCUT2D eigenvalue weighted by molar-refractivity contribution is 5.76. The molecule has 6 nitrogen and oxygen atoms in total. The van der Waals surface area contributed by atoms with E-state index >= 15 is 0 Å². The number of nitrogens with one attached hydrogen (secondary N) is 1. The minimum atomic E-state index is -0.613. The number of hydrogen-bond acceptors (Lipinski definition) is 5. The van der Waals surface area contributed by atoms with Crippen molar-refractivity contribution in [3.8, 4) is 5.75 Å². The summed E-state index contributed by atoms with van der Waals surface area (Å²) in [6, 6.07) is 8.88. The van der Waals surface area contributed by atoms with Crippen LogP contribution in [0.3, 0.4) is 0 Å². The first kappa shape index (κ1) is 18.6. The van der Waals surface area contributed by atoms with Gasteiger partial charge in [-0.3, -0.25) is 9.69 Å². The molecule has 0 amide bonds. The Balaban J connectivity index is 1.40. The highest BCUT2D eigenvalue weighted by atomic mass is 16.5. The lowest BCUT2D eigenvalue weighted by atomic mass is 9.69. The van der Waals surface area contributed by atoms with Crippen LogP contribution in [0.2, 0.25) is 0 Å². The highest BCUT2D eigenvalue weighted by Crippen LogP contribution is 2.39. The fourth-order valence-corrected chi connectivity index (χ4v) is 5.29. The molecule has 2 N–H and O–H groups in total. The molecule has 148 valence electrons. The van der Waals surface area contributed by atoms with Crippen molar-refractivity contribution in [3.05, 3.63) is 24.3 Å². The first-order valence-electron chi connectivity index (χ1n) is 10.2. The number of aliphatic carboxylic acids is 1. The summed E-state index contributed by atoms with van der Waals surface area (Å²) in [5, 5.41) is 13.5. The highest BCUT2D eigenvalue weighted by Gasteiger charge is 2.51. The normalized spacial score (nSPS) is 30.0. The first-order valence-corrected chi connectivity index (χ1v) is 10.2. The van der Waals surface area contributed by atoms with Crippen LogP contribution in [0.4, 0.5) is 5.69 Å². The fourth-order valence-electron chi connectivity index (χ4n) is 5.29. The number of carbonyl (C=O) groups is 1. The zero-order valence-corrected chi connectivity index (χ0v) is 16.2. The van der Waals surface area contributed by atoms with Crippen LogP contribution in [0, 0.1) is 5.41 Å². The largest absolute Gasteiger partial charge is 0.497 e. The van der Waals surface area contributed by atoms with Crippen molar-refractivity contribution >= 4 is 11.7 Å². The SMILES string of the molecule is COc1cccc(N2CCC(N3CC[C@H]4NCCC[C@]4(C(=O)O)C3)CC2)c1. The standard InChI is InChI=1S/C21H31N3O3/c1-27-18-5-2-4-17(14-18)23-11-6-16(7-12-23)24-13-8-19-21(15-24,20(25)26)9-3-10-22-19/h2,4-5,14,16,19,22H,3,6-13,15H2,1H3,(H,25,26)/t19-,21+/m1/s1. The predicted molar refractivity (Wildman–Crippen MR) is 106 cm³/mol. The second-order valence-corrected chi connectivity index (χ2v) is 8.25. The number of carboxylic acids is 1. The van der Waals surface area contributed by atoms with Gasteiger partial charge in [0.05, 0.1) is 12.5 Å². The lowest BCUT2D eigenvalue weighted by Gasteiger charge is -2.51. The Hall–Kier alpha value is -1.79. The van der Waals surface area contributed by atoms with Gasteiger partial charge in [-0.15, -0.1) is 0 Å². The summed E-state index contributed by atoms with van der Waals surface area (Å²) in [5.74, 6) is 0.281. The summed E-state index contributed by atoms with van der Waals surface area (Å²) in [7, 11) is 1.70. The van der Waals surface area contributed by atoms with E-state index in [1.807, 2.05) is 12.1 Å². The molecule has 1 aromatic rings. The lowest BCUT2D eigenvalue weighted by Crippen LogP contribution is -2.64. The Labute approximate surface area is 161 Å². The van der Waals surface area contributed by atoms with Crippen LogP contribution in [-0.2, 0) is 4.79 Å². The summed E-state index contributed by atoms with van der Waals surface area (Å²) in [6.07, 6.45) is 4.89. The molecule has 27 heavy (non-hydrogen) atoms. The van der Waals surface area contributed by atoms with Crippen molar-refractivity contribution in [3.63, 3.8) is 0 Å². The average molecular weight is 373 g/mol. The summed E-state index contributed by atoms with van der Waals surface area (Å²) in [4.78, 5) is 17.0. The van der Waals surface area contributed by atoms with Gasteiger partial charge in [-0.25, -0.2) is 0 Å². The topological polar surface area (TPSA) is 65.0 Å². The van der Waals surface area contributed by atoms with Crippen molar-refractivity contribution < 1.29 is 14.6 Å². The molecule has 3 saturated heterocycles. The average Bonchev–Trinajstić information content (AvgIpc) is 2.73. The van der Waals surface area contributed by atoms with Crippen LogP contribution >= 0.6 is 0 Å². The Morgan fingerprint density at radius 2 is 2.07 bits per heavy atom. The quantitative estimate of drug-likeness (QED) is 0.844. The van der Waals surface area contributed by atoms with E-state index in [1.165, 1.54) is 5.69 Å². The molecule has 0 aromatic heterocycles. The van der Waals surface area contributed by atoms with E-state index in [0.29, 0.717) is 12.6 Å². The van der Waals surface area contributed by atoms with Gasteiger partial charge in [0.2, 0.25) is 0 Å². The van der Waals surface area contributed by atoms with Crippen LogP contribution in [0.5, 0.6) is 5.75 Å². The fraction of sp³-hybridized carbons (Fsp3) is 0.667. The maximum absolute atomic E-state index is 12.1. The van der Waals surface area contributed by atoms with E-state index in [0.717, 1.165) is 64.0 Å². The molecule has 3 aliphatic heterocycles. The summed E-state index contributed by atoms with van der Waals surface area (Å²) >= 11 is 0. The van der Waals surface area contributed by atoms with Gasteiger partial charge in [-0.05, 0) is 57.3 Å². The number of hydrogen-bond donors (Lipinski definition) is 2. The van der Waals surface area contributed by atoms with Gasteiger partial charge in [0.25, 0.3) is 0 Å². The molecule has 0 saturated carbocycles. The second-order valence-electron chi connectivity index (χ2n) is 8.25. The van der Waals surface area contributed by atoms with Gasteiger partial charge >= 0.3 is 5.97 Å². The molecule has 3 heterocycles. The van der Waals surface area contributed by atoms with Gasteiger partial charge in [-0.2, -0.15) is 0 Å². The minimum absolute atomic E-state index is 0.136. The van der Waals surface area contributed by atoms with E-state index < -0.39 is 11.4 Å². The molecule has 0 bridgehead atoms. The molecule has 0 radical (unpaired) electrons. The number of likely N-dealkylation sites (tertiary alicyclic amines) is 1. The zero-order valence-electron chi connectivity index (χ0n) is 16.2. The second kappa shape index (κ2) is 7.68. The maximum Gasteiger partial charge on any atom is 0.312 e. The van der Waals surface area contributed by atoms with Crippen LogP contribution in [0.1, 0.15) is 32.1 Å². The van der Waals surface area contributed by atoms with Crippen LogP contribution in [0.15, 0.2) is 24.3 Å². The first-order chi connectivity index (χ1) is 13.1. The molecule has 6 heteroatoms. The van der Waals surface area contributed by atoms with Crippen LogP contribution in [0.25, 0.3) is 0 Å². The zero-order chi connectivity index (χ0) is 18.9. The van der Waals surface area contributed by atoms with Crippen LogP contribution < -0.4 is 15.0 Å². The lowest BCUT2D eigenvalue weighted by molar-refractivity contribution is -0.158. The van der Waals surface area contributed by atoms with Crippen molar-refractivity contribution in [1.29, 1.82) is 0 Å². The Bertz CT molecular complexity index is 674. The Morgan fingerprint density at radius 3 is 2.81 bits per heavy atom. The summed E-state index contributed by atoms with van der Waals surface area (Å²) in [5.41, 5.74) is 0.616.